The number of alkyl halides is 3. The molecule has 0 atom stereocenters. The third-order valence-corrected chi connectivity index (χ3v) is 5.18. The Kier molecular flexibility index (Phi) is 3.26. The van der Waals surface area contributed by atoms with Crippen LogP contribution >= 0.6 is 11.3 Å². The highest BCUT2D eigenvalue weighted by molar-refractivity contribution is 7.19. The number of hydrogen-bond acceptors (Lipinski definition) is 4. The first-order valence-corrected chi connectivity index (χ1v) is 8.03. The summed E-state index contributed by atoms with van der Waals surface area (Å²) in [5.74, 6) is 0.661. The van der Waals surface area contributed by atoms with E-state index in [9.17, 15) is 13.2 Å². The highest BCUT2D eigenvalue weighted by atomic mass is 32.1. The van der Waals surface area contributed by atoms with E-state index in [1.54, 1.807) is 11.3 Å². The fourth-order valence-corrected chi connectivity index (χ4v) is 4.13. The van der Waals surface area contributed by atoms with Crippen LogP contribution in [0.1, 0.15) is 22.4 Å². The van der Waals surface area contributed by atoms with Gasteiger partial charge in [-0.1, -0.05) is 0 Å². The third-order valence-electron chi connectivity index (χ3n) is 3.98. The second kappa shape index (κ2) is 5.19. The Labute approximate surface area is 134 Å². The molecule has 0 unspecified atom stereocenters. The molecule has 0 saturated carbocycles. The van der Waals surface area contributed by atoms with Gasteiger partial charge in [-0.05, 0) is 49.1 Å². The summed E-state index contributed by atoms with van der Waals surface area (Å²) < 4.78 is 37.9. The Morgan fingerprint density at radius 3 is 2.57 bits per heavy atom. The molecule has 1 aliphatic rings. The molecule has 0 bridgehead atoms. The number of halogens is 3. The standard InChI is InChI=1S/C16H12F3N3S/c17-16(18,19)9-4-6-10(7-5-9)22-14-13-11-2-1-3-12(11)23-15(13)21-8-20-14/h4-8H,1-3H2,(H,20,21,22). The molecule has 2 aromatic heterocycles. The van der Waals surface area contributed by atoms with E-state index in [0.717, 1.165) is 41.6 Å². The maximum Gasteiger partial charge on any atom is 0.416 e. The van der Waals surface area contributed by atoms with Crippen LogP contribution in [0.3, 0.4) is 0 Å². The zero-order valence-electron chi connectivity index (χ0n) is 11.9. The van der Waals surface area contributed by atoms with E-state index in [1.807, 2.05) is 0 Å². The van der Waals surface area contributed by atoms with Gasteiger partial charge >= 0.3 is 6.18 Å². The van der Waals surface area contributed by atoms with Crippen LogP contribution in [0.15, 0.2) is 30.6 Å². The Morgan fingerprint density at radius 2 is 1.83 bits per heavy atom. The first-order valence-electron chi connectivity index (χ1n) is 7.22. The molecule has 3 nitrogen and oxygen atoms in total. The number of aryl methyl sites for hydroxylation is 2. The van der Waals surface area contributed by atoms with Crippen LogP contribution in [0, 0.1) is 0 Å². The molecule has 0 fully saturated rings. The number of rotatable bonds is 2. The predicted octanol–water partition coefficient (Wildman–Crippen LogP) is 4.94. The summed E-state index contributed by atoms with van der Waals surface area (Å²) in [4.78, 5) is 10.9. The number of nitrogens with zero attached hydrogens (tertiary/aromatic N) is 2. The summed E-state index contributed by atoms with van der Waals surface area (Å²) in [6, 6.07) is 4.98. The van der Waals surface area contributed by atoms with E-state index in [4.69, 9.17) is 0 Å². The van der Waals surface area contributed by atoms with E-state index in [0.29, 0.717) is 11.5 Å². The van der Waals surface area contributed by atoms with Gasteiger partial charge in [-0.3, -0.25) is 0 Å². The molecule has 0 amide bonds. The van der Waals surface area contributed by atoms with Crippen molar-refractivity contribution in [1.29, 1.82) is 0 Å². The summed E-state index contributed by atoms with van der Waals surface area (Å²) in [5.41, 5.74) is 1.20. The zero-order chi connectivity index (χ0) is 16.0. The molecule has 1 N–H and O–H groups in total. The van der Waals surface area contributed by atoms with Gasteiger partial charge in [-0.25, -0.2) is 9.97 Å². The SMILES string of the molecule is FC(F)(F)c1ccc(Nc2ncnc3sc4c(c23)CCC4)cc1. The van der Waals surface area contributed by atoms with Gasteiger partial charge in [0.1, 0.15) is 17.0 Å². The fourth-order valence-electron chi connectivity index (χ4n) is 2.90. The first kappa shape index (κ1) is 14.4. The van der Waals surface area contributed by atoms with Crippen molar-refractivity contribution in [2.75, 3.05) is 5.32 Å². The third kappa shape index (κ3) is 2.55. The Hall–Kier alpha value is -2.15. The highest BCUT2D eigenvalue weighted by Crippen LogP contribution is 2.39. The van der Waals surface area contributed by atoms with E-state index >= 15 is 0 Å². The van der Waals surface area contributed by atoms with Crippen LogP contribution < -0.4 is 5.32 Å². The van der Waals surface area contributed by atoms with E-state index < -0.39 is 11.7 Å². The molecule has 1 aromatic carbocycles. The number of thiophene rings is 1. The van der Waals surface area contributed by atoms with Gasteiger partial charge in [-0.2, -0.15) is 13.2 Å². The number of benzene rings is 1. The van der Waals surface area contributed by atoms with Crippen molar-refractivity contribution in [3.8, 4) is 0 Å². The van der Waals surface area contributed by atoms with E-state index in [-0.39, 0.29) is 0 Å². The lowest BCUT2D eigenvalue weighted by molar-refractivity contribution is -0.137. The minimum atomic E-state index is -4.32. The molecule has 0 radical (unpaired) electrons. The molecular formula is C16H12F3N3S. The summed E-state index contributed by atoms with van der Waals surface area (Å²) in [6.07, 6.45) is 0.363. The maximum atomic E-state index is 12.6. The summed E-state index contributed by atoms with van der Waals surface area (Å²) >= 11 is 1.68. The smallest absolute Gasteiger partial charge is 0.340 e. The first-order chi connectivity index (χ1) is 11.0. The summed E-state index contributed by atoms with van der Waals surface area (Å²) in [5, 5.41) is 4.13. The van der Waals surface area contributed by atoms with Gasteiger partial charge in [0.15, 0.2) is 0 Å². The minimum Gasteiger partial charge on any atom is -0.340 e. The average Bonchev–Trinajstić information content (AvgIpc) is 3.07. The minimum absolute atomic E-state index is 0.580. The molecule has 2 heterocycles. The van der Waals surface area contributed by atoms with Crippen molar-refractivity contribution in [1.82, 2.24) is 9.97 Å². The van der Waals surface area contributed by atoms with Crippen LogP contribution in [0.5, 0.6) is 0 Å². The van der Waals surface area contributed by atoms with Gasteiger partial charge in [0.25, 0.3) is 0 Å². The molecule has 1 aliphatic carbocycles. The number of anilines is 2. The lowest BCUT2D eigenvalue weighted by atomic mass is 10.1. The molecule has 4 rings (SSSR count). The maximum absolute atomic E-state index is 12.6. The fraction of sp³-hybridized carbons (Fsp3) is 0.250. The predicted molar refractivity (Wildman–Crippen MR) is 84.2 cm³/mol. The number of nitrogens with one attached hydrogen (secondary N) is 1. The van der Waals surface area contributed by atoms with E-state index in [1.165, 1.54) is 28.9 Å². The van der Waals surface area contributed by atoms with Crippen LogP contribution in [-0.4, -0.2) is 9.97 Å². The Balaban J connectivity index is 1.70. The molecule has 3 aromatic rings. The van der Waals surface area contributed by atoms with Gasteiger partial charge in [0, 0.05) is 10.6 Å². The second-order valence-electron chi connectivity index (χ2n) is 5.46. The van der Waals surface area contributed by atoms with Crippen LogP contribution in [0.2, 0.25) is 0 Å². The molecule has 0 aliphatic heterocycles. The van der Waals surface area contributed by atoms with Crippen LogP contribution in [0.25, 0.3) is 10.2 Å². The molecule has 0 spiro atoms. The van der Waals surface area contributed by atoms with Crippen molar-refractivity contribution in [3.05, 3.63) is 46.6 Å². The molecule has 118 valence electrons. The number of aromatic nitrogens is 2. The largest absolute Gasteiger partial charge is 0.416 e. The van der Waals surface area contributed by atoms with Crippen molar-refractivity contribution < 1.29 is 13.2 Å². The van der Waals surface area contributed by atoms with E-state index in [2.05, 4.69) is 15.3 Å². The van der Waals surface area contributed by atoms with Crippen molar-refractivity contribution in [3.63, 3.8) is 0 Å². The monoisotopic (exact) mass is 335 g/mol. The average molecular weight is 335 g/mol. The van der Waals surface area contributed by atoms with Crippen molar-refractivity contribution in [2.45, 2.75) is 25.4 Å². The van der Waals surface area contributed by atoms with Crippen molar-refractivity contribution in [2.24, 2.45) is 0 Å². The molecule has 7 heteroatoms. The lowest BCUT2D eigenvalue weighted by Crippen LogP contribution is -2.04. The van der Waals surface area contributed by atoms with Gasteiger partial charge in [0.05, 0.1) is 10.9 Å². The Morgan fingerprint density at radius 1 is 1.04 bits per heavy atom. The number of fused-ring (bicyclic) bond motifs is 3. The van der Waals surface area contributed by atoms with Crippen molar-refractivity contribution >= 4 is 33.1 Å². The molecule has 0 saturated heterocycles. The Bertz CT molecular complexity index is 869. The number of hydrogen-bond donors (Lipinski definition) is 1. The van der Waals surface area contributed by atoms with Crippen LogP contribution in [-0.2, 0) is 19.0 Å². The second-order valence-corrected chi connectivity index (χ2v) is 6.54. The van der Waals surface area contributed by atoms with Gasteiger partial charge in [0.2, 0.25) is 0 Å². The molecule has 23 heavy (non-hydrogen) atoms. The highest BCUT2D eigenvalue weighted by Gasteiger charge is 2.30. The zero-order valence-corrected chi connectivity index (χ0v) is 12.8. The quantitative estimate of drug-likeness (QED) is 0.720. The summed E-state index contributed by atoms with van der Waals surface area (Å²) in [7, 11) is 0. The summed E-state index contributed by atoms with van der Waals surface area (Å²) in [6.45, 7) is 0. The lowest BCUT2D eigenvalue weighted by Gasteiger charge is -2.10. The van der Waals surface area contributed by atoms with Gasteiger partial charge in [-0.15, -0.1) is 11.3 Å². The topological polar surface area (TPSA) is 37.8 Å². The normalized spacial score (nSPS) is 14.2. The molecular weight excluding hydrogens is 323 g/mol. The van der Waals surface area contributed by atoms with Crippen LogP contribution in [0.4, 0.5) is 24.7 Å². The van der Waals surface area contributed by atoms with Gasteiger partial charge < -0.3 is 5.32 Å².